The maximum atomic E-state index is 13.0. The molecule has 0 bridgehead atoms. The van der Waals surface area contributed by atoms with Crippen molar-refractivity contribution >= 4 is 11.8 Å². The molecule has 1 aromatic rings. The summed E-state index contributed by atoms with van der Waals surface area (Å²) in [6, 6.07) is 0.513. The Balaban J connectivity index is 1.28. The number of hydrogen-bond donors (Lipinski definition) is 0. The summed E-state index contributed by atoms with van der Waals surface area (Å²) in [4.78, 5) is 36.0. The van der Waals surface area contributed by atoms with E-state index in [0.717, 1.165) is 70.5 Å². The smallest absolute Gasteiger partial charge is 0.227 e. The van der Waals surface area contributed by atoms with E-state index in [4.69, 9.17) is 0 Å². The van der Waals surface area contributed by atoms with Gasteiger partial charge in [-0.05, 0) is 45.1 Å². The molecule has 7 nitrogen and oxygen atoms in total. The number of amides is 2. The molecule has 2 aliphatic heterocycles. The molecule has 1 atom stereocenters. The molecule has 0 unspecified atom stereocenters. The second-order valence-electron chi connectivity index (χ2n) is 8.81. The number of aromatic nitrogens is 2. The number of aryl methyl sites for hydroxylation is 1. The number of piperidine rings is 2. The van der Waals surface area contributed by atoms with Crippen LogP contribution >= 0.6 is 0 Å². The van der Waals surface area contributed by atoms with Crippen LogP contribution < -0.4 is 0 Å². The highest BCUT2D eigenvalue weighted by Gasteiger charge is 2.37. The Kier molecular flexibility index (Phi) is 5.71. The summed E-state index contributed by atoms with van der Waals surface area (Å²) in [5.74, 6) is 1.92. The first-order valence-electron chi connectivity index (χ1n) is 10.8. The fraction of sp³-hybridized carbons (Fsp3) is 0.762. The van der Waals surface area contributed by atoms with Crippen molar-refractivity contribution in [1.82, 2.24) is 24.3 Å². The quantitative estimate of drug-likeness (QED) is 0.768. The minimum atomic E-state index is 0.0742. The van der Waals surface area contributed by atoms with Gasteiger partial charge in [-0.3, -0.25) is 14.5 Å². The number of hydrogen-bond acceptors (Lipinski definition) is 4. The summed E-state index contributed by atoms with van der Waals surface area (Å²) in [5, 5.41) is 0. The van der Waals surface area contributed by atoms with Crippen molar-refractivity contribution in [1.29, 1.82) is 0 Å². The van der Waals surface area contributed by atoms with E-state index in [1.54, 1.807) is 6.20 Å². The summed E-state index contributed by atoms with van der Waals surface area (Å²) in [5.41, 5.74) is 0. The highest BCUT2D eigenvalue weighted by atomic mass is 16.2. The highest BCUT2D eigenvalue weighted by molar-refractivity contribution is 5.81. The van der Waals surface area contributed by atoms with Crippen LogP contribution in [0.15, 0.2) is 12.4 Å². The van der Waals surface area contributed by atoms with Crippen LogP contribution in [-0.4, -0.2) is 75.3 Å². The van der Waals surface area contributed by atoms with Crippen molar-refractivity contribution in [2.75, 3.05) is 33.2 Å². The third-order valence-corrected chi connectivity index (χ3v) is 6.70. The first-order valence-corrected chi connectivity index (χ1v) is 10.8. The zero-order valence-electron chi connectivity index (χ0n) is 17.2. The predicted molar refractivity (Wildman–Crippen MR) is 106 cm³/mol. The van der Waals surface area contributed by atoms with Gasteiger partial charge in [-0.25, -0.2) is 4.98 Å². The van der Waals surface area contributed by atoms with Crippen LogP contribution in [0.4, 0.5) is 0 Å². The van der Waals surface area contributed by atoms with Crippen LogP contribution in [0.25, 0.3) is 0 Å². The number of imidazole rings is 1. The second kappa shape index (κ2) is 8.23. The van der Waals surface area contributed by atoms with E-state index in [1.165, 1.54) is 0 Å². The van der Waals surface area contributed by atoms with Gasteiger partial charge in [0.15, 0.2) is 0 Å². The van der Waals surface area contributed by atoms with Gasteiger partial charge in [-0.1, -0.05) is 0 Å². The fourth-order valence-electron chi connectivity index (χ4n) is 4.73. The monoisotopic (exact) mass is 387 g/mol. The zero-order chi connectivity index (χ0) is 19.7. The zero-order valence-corrected chi connectivity index (χ0v) is 17.2. The summed E-state index contributed by atoms with van der Waals surface area (Å²) in [6.07, 6.45) is 9.99. The van der Waals surface area contributed by atoms with E-state index in [0.29, 0.717) is 24.4 Å². The molecule has 2 saturated heterocycles. The maximum Gasteiger partial charge on any atom is 0.227 e. The van der Waals surface area contributed by atoms with Gasteiger partial charge in [-0.15, -0.1) is 0 Å². The Morgan fingerprint density at radius 1 is 1.11 bits per heavy atom. The Hall–Kier alpha value is -1.89. The number of likely N-dealkylation sites (tertiary alicyclic amines) is 2. The summed E-state index contributed by atoms with van der Waals surface area (Å²) < 4.78 is 1.97. The van der Waals surface area contributed by atoms with E-state index < -0.39 is 0 Å². The molecule has 1 aliphatic carbocycles. The Morgan fingerprint density at radius 2 is 1.86 bits per heavy atom. The van der Waals surface area contributed by atoms with Gasteiger partial charge in [-0.2, -0.15) is 0 Å². The van der Waals surface area contributed by atoms with E-state index in [1.807, 2.05) is 29.8 Å². The molecule has 3 heterocycles. The van der Waals surface area contributed by atoms with E-state index >= 15 is 0 Å². The topological polar surface area (TPSA) is 61.7 Å². The highest BCUT2D eigenvalue weighted by Crippen LogP contribution is 2.32. The first-order chi connectivity index (χ1) is 13.5. The van der Waals surface area contributed by atoms with Crippen LogP contribution in [0.5, 0.6) is 0 Å². The van der Waals surface area contributed by atoms with Crippen molar-refractivity contribution in [2.45, 2.75) is 51.1 Å². The van der Waals surface area contributed by atoms with Crippen LogP contribution in [0.1, 0.15) is 44.3 Å². The summed E-state index contributed by atoms with van der Waals surface area (Å²) >= 11 is 0. The average Bonchev–Trinajstić information content (AvgIpc) is 3.50. The molecule has 4 rings (SSSR count). The molecule has 0 N–H and O–H groups in total. The van der Waals surface area contributed by atoms with Gasteiger partial charge in [0.05, 0.1) is 12.5 Å². The lowest BCUT2D eigenvalue weighted by molar-refractivity contribution is -0.137. The second-order valence-corrected chi connectivity index (χ2v) is 8.81. The molecule has 0 spiro atoms. The van der Waals surface area contributed by atoms with Gasteiger partial charge < -0.3 is 14.4 Å². The SMILES string of the molecule is CN(Cc1nccn1C)C(=O)[C@@H]1CCCN(C2CCN(C(=O)C3CC3)CC2)C1. The molecule has 3 fully saturated rings. The molecular formula is C21H33N5O2. The molecule has 2 amide bonds. The minimum absolute atomic E-state index is 0.0742. The lowest BCUT2D eigenvalue weighted by Gasteiger charge is -2.42. The minimum Gasteiger partial charge on any atom is -0.342 e. The van der Waals surface area contributed by atoms with Crippen LogP contribution in [-0.2, 0) is 23.2 Å². The third-order valence-electron chi connectivity index (χ3n) is 6.70. The molecule has 1 aromatic heterocycles. The van der Waals surface area contributed by atoms with Crippen molar-refractivity contribution < 1.29 is 9.59 Å². The Labute approximate surface area is 167 Å². The first kappa shape index (κ1) is 19.4. The lowest BCUT2D eigenvalue weighted by atomic mass is 9.93. The number of nitrogens with zero attached hydrogens (tertiary/aromatic N) is 5. The van der Waals surface area contributed by atoms with E-state index in [-0.39, 0.29) is 11.8 Å². The predicted octanol–water partition coefficient (Wildman–Crippen LogP) is 1.49. The summed E-state index contributed by atoms with van der Waals surface area (Å²) in [6.45, 7) is 4.25. The largest absolute Gasteiger partial charge is 0.342 e. The molecule has 0 radical (unpaired) electrons. The third kappa shape index (κ3) is 4.24. The van der Waals surface area contributed by atoms with E-state index in [2.05, 4.69) is 14.8 Å². The number of carbonyl (C=O) groups excluding carboxylic acids is 2. The van der Waals surface area contributed by atoms with Gasteiger partial charge in [0, 0.05) is 58.1 Å². The molecule has 1 saturated carbocycles. The van der Waals surface area contributed by atoms with Crippen molar-refractivity contribution in [3.8, 4) is 0 Å². The molecule has 154 valence electrons. The van der Waals surface area contributed by atoms with Crippen LogP contribution in [0.3, 0.4) is 0 Å². The molecular weight excluding hydrogens is 354 g/mol. The van der Waals surface area contributed by atoms with Crippen molar-refractivity contribution in [3.63, 3.8) is 0 Å². The lowest BCUT2D eigenvalue weighted by Crippen LogP contribution is -2.51. The molecule has 0 aromatic carbocycles. The van der Waals surface area contributed by atoms with Crippen LogP contribution in [0.2, 0.25) is 0 Å². The van der Waals surface area contributed by atoms with Crippen molar-refractivity contribution in [2.24, 2.45) is 18.9 Å². The standard InChI is InChI=1S/C21H33N5O2/c1-23-13-9-22-19(23)15-24(2)20(27)17-4-3-10-26(14-17)18-7-11-25(12-8-18)21(28)16-5-6-16/h9,13,16-18H,3-8,10-12,14-15H2,1-2H3/t17-/m1/s1. The fourth-order valence-corrected chi connectivity index (χ4v) is 4.73. The van der Waals surface area contributed by atoms with Gasteiger partial charge >= 0.3 is 0 Å². The van der Waals surface area contributed by atoms with Gasteiger partial charge in [0.2, 0.25) is 11.8 Å². The van der Waals surface area contributed by atoms with Gasteiger partial charge in [0.1, 0.15) is 5.82 Å². The molecule has 7 heteroatoms. The number of carbonyl (C=O) groups is 2. The molecule has 28 heavy (non-hydrogen) atoms. The molecule has 3 aliphatic rings. The summed E-state index contributed by atoms with van der Waals surface area (Å²) in [7, 11) is 3.85. The Morgan fingerprint density at radius 3 is 2.50 bits per heavy atom. The Bertz CT molecular complexity index is 705. The van der Waals surface area contributed by atoms with Crippen LogP contribution in [0, 0.1) is 11.8 Å². The van der Waals surface area contributed by atoms with Gasteiger partial charge in [0.25, 0.3) is 0 Å². The van der Waals surface area contributed by atoms with Crippen molar-refractivity contribution in [3.05, 3.63) is 18.2 Å². The average molecular weight is 388 g/mol. The number of rotatable bonds is 5. The maximum absolute atomic E-state index is 13.0. The van der Waals surface area contributed by atoms with E-state index in [9.17, 15) is 9.59 Å². The normalized spacial score (nSPS) is 24.4.